The van der Waals surface area contributed by atoms with Gasteiger partial charge in [0.15, 0.2) is 0 Å². The number of sulfonamides is 1. The Balaban J connectivity index is 2.32. The predicted molar refractivity (Wildman–Crippen MR) is 108 cm³/mol. The molecule has 0 bridgehead atoms. The van der Waals surface area contributed by atoms with Crippen molar-refractivity contribution < 1.29 is 27.4 Å². The fourth-order valence-electron chi connectivity index (χ4n) is 2.31. The first kappa shape index (κ1) is 20.8. The second kappa shape index (κ2) is 8.92. The van der Waals surface area contributed by atoms with Crippen LogP contribution in [0.2, 0.25) is 0 Å². The van der Waals surface area contributed by atoms with Crippen LogP contribution in [0.4, 0.5) is 5.69 Å². The Hall–Kier alpha value is -2.52. The van der Waals surface area contributed by atoms with Gasteiger partial charge in [-0.25, -0.2) is 8.42 Å². The average molecular weight is 412 g/mol. The number of benzene rings is 2. The summed E-state index contributed by atoms with van der Waals surface area (Å²) >= 11 is 4.25. The molecule has 0 radical (unpaired) electrons. The van der Waals surface area contributed by atoms with Crippen LogP contribution in [0, 0.1) is 0 Å². The predicted octanol–water partition coefficient (Wildman–Crippen LogP) is 3.42. The zero-order valence-electron chi connectivity index (χ0n) is 15.3. The molecule has 2 aromatic carbocycles. The SMILES string of the molecule is COc1cc(OC)c(/C=C/S(=O)(=O)Nc2ccc(OC)c(S)c2)c(OC)c1. The molecule has 7 nitrogen and oxygen atoms in total. The van der Waals surface area contributed by atoms with Crippen LogP contribution in [0.5, 0.6) is 23.0 Å². The number of hydrogen-bond donors (Lipinski definition) is 2. The van der Waals surface area contributed by atoms with Crippen molar-refractivity contribution in [2.45, 2.75) is 4.90 Å². The van der Waals surface area contributed by atoms with E-state index >= 15 is 0 Å². The largest absolute Gasteiger partial charge is 0.496 e. The molecule has 2 rings (SSSR count). The Morgan fingerprint density at radius 2 is 1.48 bits per heavy atom. The molecule has 0 aromatic heterocycles. The van der Waals surface area contributed by atoms with Crippen LogP contribution in [0.3, 0.4) is 0 Å². The highest BCUT2D eigenvalue weighted by Crippen LogP contribution is 2.35. The van der Waals surface area contributed by atoms with Gasteiger partial charge in [0, 0.05) is 17.0 Å². The average Bonchev–Trinajstić information content (AvgIpc) is 2.65. The zero-order chi connectivity index (χ0) is 20.0. The molecule has 27 heavy (non-hydrogen) atoms. The van der Waals surface area contributed by atoms with E-state index in [4.69, 9.17) is 18.9 Å². The van der Waals surface area contributed by atoms with E-state index in [1.54, 1.807) is 30.3 Å². The lowest BCUT2D eigenvalue weighted by atomic mass is 10.1. The van der Waals surface area contributed by atoms with Gasteiger partial charge in [0.2, 0.25) is 0 Å². The van der Waals surface area contributed by atoms with Crippen molar-refractivity contribution in [1.29, 1.82) is 0 Å². The summed E-state index contributed by atoms with van der Waals surface area (Å²) in [5, 5.41) is 1.03. The summed E-state index contributed by atoms with van der Waals surface area (Å²) < 4.78 is 48.1. The van der Waals surface area contributed by atoms with E-state index in [2.05, 4.69) is 17.4 Å². The van der Waals surface area contributed by atoms with E-state index in [9.17, 15) is 8.42 Å². The summed E-state index contributed by atoms with van der Waals surface area (Å²) in [6.07, 6.45) is 1.39. The smallest absolute Gasteiger partial charge is 0.255 e. The van der Waals surface area contributed by atoms with Crippen LogP contribution >= 0.6 is 12.6 Å². The molecule has 9 heteroatoms. The lowest BCUT2D eigenvalue weighted by Crippen LogP contribution is -2.09. The Kier molecular flexibility index (Phi) is 6.86. The van der Waals surface area contributed by atoms with Crippen LogP contribution in [0.15, 0.2) is 40.6 Å². The first-order valence-electron chi connectivity index (χ1n) is 7.71. The topological polar surface area (TPSA) is 83.1 Å². The normalized spacial score (nSPS) is 11.3. The summed E-state index contributed by atoms with van der Waals surface area (Å²) in [6, 6.07) is 8.04. The zero-order valence-corrected chi connectivity index (χ0v) is 17.1. The van der Waals surface area contributed by atoms with Gasteiger partial charge >= 0.3 is 0 Å². The van der Waals surface area contributed by atoms with Gasteiger partial charge in [-0.1, -0.05) is 0 Å². The first-order chi connectivity index (χ1) is 12.8. The molecule has 0 unspecified atom stereocenters. The summed E-state index contributed by atoms with van der Waals surface area (Å²) in [5.74, 6) is 1.91. The van der Waals surface area contributed by atoms with Gasteiger partial charge in [-0.05, 0) is 24.3 Å². The first-order valence-corrected chi connectivity index (χ1v) is 9.70. The molecule has 0 aliphatic heterocycles. The van der Waals surface area contributed by atoms with Crippen LogP contribution in [0.1, 0.15) is 5.56 Å². The summed E-state index contributed by atoms with van der Waals surface area (Å²) in [4.78, 5) is 0.514. The minimum Gasteiger partial charge on any atom is -0.496 e. The van der Waals surface area contributed by atoms with Crippen molar-refractivity contribution in [3.05, 3.63) is 41.3 Å². The Morgan fingerprint density at radius 3 is 1.96 bits per heavy atom. The van der Waals surface area contributed by atoms with Crippen molar-refractivity contribution in [2.75, 3.05) is 33.2 Å². The standard InChI is InChI=1S/C18H21NO6S2/c1-22-13-10-16(24-3)14(17(11-13)25-4)7-8-27(20,21)19-12-5-6-15(23-2)18(26)9-12/h5-11,19,26H,1-4H3/b8-7+. The van der Waals surface area contributed by atoms with Crippen LogP contribution in [-0.4, -0.2) is 36.9 Å². The van der Waals surface area contributed by atoms with Crippen LogP contribution < -0.4 is 23.7 Å². The van der Waals surface area contributed by atoms with Gasteiger partial charge in [0.25, 0.3) is 10.0 Å². The van der Waals surface area contributed by atoms with Gasteiger partial charge in [-0.15, -0.1) is 12.6 Å². The maximum Gasteiger partial charge on any atom is 0.255 e. The second-order valence-corrected chi connectivity index (χ2v) is 7.33. The van der Waals surface area contributed by atoms with Crippen LogP contribution in [-0.2, 0) is 10.0 Å². The third kappa shape index (κ3) is 5.24. The lowest BCUT2D eigenvalue weighted by Gasteiger charge is -2.12. The molecule has 0 amide bonds. The quantitative estimate of drug-likeness (QED) is 0.648. The molecule has 0 fully saturated rings. The van der Waals surface area contributed by atoms with E-state index in [0.29, 0.717) is 39.1 Å². The molecule has 0 aliphatic carbocycles. The highest BCUT2D eigenvalue weighted by atomic mass is 32.2. The fraction of sp³-hybridized carbons (Fsp3) is 0.222. The summed E-state index contributed by atoms with van der Waals surface area (Å²) in [5.41, 5.74) is 0.829. The third-order valence-corrected chi connectivity index (χ3v) is 4.97. The number of thiol groups is 1. The number of hydrogen-bond acceptors (Lipinski definition) is 7. The molecular weight excluding hydrogens is 390 g/mol. The molecular formula is C18H21NO6S2. The van der Waals surface area contributed by atoms with E-state index in [-0.39, 0.29) is 0 Å². The van der Waals surface area contributed by atoms with Gasteiger partial charge in [-0.3, -0.25) is 4.72 Å². The molecule has 0 aliphatic rings. The van der Waals surface area contributed by atoms with Crippen molar-refractivity contribution in [2.24, 2.45) is 0 Å². The molecule has 0 saturated heterocycles. The Bertz CT molecular complexity index is 916. The van der Waals surface area contributed by atoms with Gasteiger partial charge in [0.1, 0.15) is 23.0 Å². The molecule has 146 valence electrons. The number of methoxy groups -OCH3 is 4. The second-order valence-electron chi connectivity index (χ2n) is 5.28. The molecule has 1 N–H and O–H groups in total. The molecule has 0 spiro atoms. The van der Waals surface area contributed by atoms with E-state index in [0.717, 1.165) is 5.41 Å². The highest BCUT2D eigenvalue weighted by Gasteiger charge is 2.13. The minimum atomic E-state index is -3.78. The highest BCUT2D eigenvalue weighted by molar-refractivity contribution is 7.95. The van der Waals surface area contributed by atoms with Gasteiger partial charge in [-0.2, -0.15) is 0 Å². The molecule has 0 saturated carbocycles. The summed E-state index contributed by atoms with van der Waals surface area (Å²) in [7, 11) is 2.20. The van der Waals surface area contributed by atoms with Crippen molar-refractivity contribution in [3.63, 3.8) is 0 Å². The van der Waals surface area contributed by atoms with E-state index in [1.165, 1.54) is 34.5 Å². The minimum absolute atomic E-state index is 0.360. The van der Waals surface area contributed by atoms with Crippen molar-refractivity contribution in [3.8, 4) is 23.0 Å². The Labute approximate surface area is 164 Å². The van der Waals surface area contributed by atoms with Gasteiger partial charge < -0.3 is 18.9 Å². The van der Waals surface area contributed by atoms with E-state index in [1.807, 2.05) is 0 Å². The van der Waals surface area contributed by atoms with Crippen molar-refractivity contribution in [1.82, 2.24) is 0 Å². The number of nitrogens with one attached hydrogen (secondary N) is 1. The molecule has 0 heterocycles. The lowest BCUT2D eigenvalue weighted by molar-refractivity contribution is 0.374. The maximum atomic E-state index is 12.4. The van der Waals surface area contributed by atoms with E-state index < -0.39 is 10.0 Å². The number of ether oxygens (including phenoxy) is 4. The third-order valence-electron chi connectivity index (χ3n) is 3.61. The van der Waals surface area contributed by atoms with Crippen molar-refractivity contribution >= 4 is 34.4 Å². The Morgan fingerprint density at radius 1 is 0.889 bits per heavy atom. The monoisotopic (exact) mass is 411 g/mol. The number of rotatable bonds is 8. The molecule has 0 atom stereocenters. The van der Waals surface area contributed by atoms with Crippen LogP contribution in [0.25, 0.3) is 6.08 Å². The summed E-state index contributed by atoms with van der Waals surface area (Å²) in [6.45, 7) is 0. The van der Waals surface area contributed by atoms with Gasteiger partial charge in [0.05, 0.1) is 45.1 Å². The number of anilines is 1. The molecule has 2 aromatic rings. The fourth-order valence-corrected chi connectivity index (χ4v) is 3.45. The maximum absolute atomic E-state index is 12.4.